The van der Waals surface area contributed by atoms with Gasteiger partial charge in [0.2, 0.25) is 0 Å². The summed E-state index contributed by atoms with van der Waals surface area (Å²) < 4.78 is 34.4. The summed E-state index contributed by atoms with van der Waals surface area (Å²) in [6.45, 7) is 0. The van der Waals surface area contributed by atoms with Crippen molar-refractivity contribution >= 4 is 65.0 Å². The summed E-state index contributed by atoms with van der Waals surface area (Å²) >= 11 is 0. The minimum Gasteiger partial charge on any atom is -0.496 e. The van der Waals surface area contributed by atoms with E-state index in [0.717, 1.165) is 65.3 Å². The van der Waals surface area contributed by atoms with Crippen LogP contribution in [0.3, 0.4) is 0 Å². The first-order chi connectivity index (χ1) is 28.4. The van der Waals surface area contributed by atoms with Crippen molar-refractivity contribution in [2.45, 2.75) is 0 Å². The van der Waals surface area contributed by atoms with E-state index >= 15 is 0 Å². The third-order valence-electron chi connectivity index (χ3n) is 11.1. The molecule has 282 valence electrons. The lowest BCUT2D eigenvalue weighted by atomic mass is 9.81. The fraction of sp³-hybridized carbons (Fsp3) is 0.0800. The highest BCUT2D eigenvalue weighted by molar-refractivity contribution is 6.30. The Kier molecular flexibility index (Phi) is 8.16. The minimum atomic E-state index is -0.476. The Labute approximate surface area is 331 Å². The molecule has 8 nitrogen and oxygen atoms in total. The van der Waals surface area contributed by atoms with Crippen LogP contribution in [0.2, 0.25) is 0 Å². The van der Waals surface area contributed by atoms with Gasteiger partial charge in [0.25, 0.3) is 0 Å². The van der Waals surface area contributed by atoms with E-state index in [1.807, 2.05) is 60.7 Å². The fourth-order valence-electron chi connectivity index (χ4n) is 8.62. The van der Waals surface area contributed by atoms with Gasteiger partial charge in [0.1, 0.15) is 34.2 Å². The van der Waals surface area contributed by atoms with Crippen LogP contribution in [-0.2, 0) is 0 Å². The van der Waals surface area contributed by atoms with Crippen molar-refractivity contribution in [2.24, 2.45) is 0 Å². The molecule has 58 heavy (non-hydrogen) atoms. The molecule has 0 radical (unpaired) electrons. The van der Waals surface area contributed by atoms with Crippen LogP contribution < -0.4 is 30.2 Å². The first-order valence-electron chi connectivity index (χ1n) is 18.7. The van der Waals surface area contributed by atoms with Crippen LogP contribution in [-0.4, -0.2) is 28.4 Å². The summed E-state index contributed by atoms with van der Waals surface area (Å²) in [6, 6.07) is 43.3. The van der Waals surface area contributed by atoms with Gasteiger partial charge in [-0.05, 0) is 66.3 Å². The molecule has 8 heteroatoms. The number of rotatable bonds is 7. The van der Waals surface area contributed by atoms with Crippen molar-refractivity contribution in [3.05, 3.63) is 154 Å². The Morgan fingerprint density at radius 2 is 0.638 bits per heavy atom. The zero-order valence-corrected chi connectivity index (χ0v) is 32.0. The average molecular weight is 763 g/mol. The van der Waals surface area contributed by atoms with Crippen molar-refractivity contribution in [1.29, 1.82) is 0 Å². The van der Waals surface area contributed by atoms with Gasteiger partial charge in [0.15, 0.2) is 0 Å². The molecular weight excluding hydrogens is 729 g/mol. The molecule has 0 aliphatic rings. The largest absolute Gasteiger partial charge is 0.496 e. The van der Waals surface area contributed by atoms with Crippen molar-refractivity contribution in [1.82, 2.24) is 0 Å². The van der Waals surface area contributed by atoms with Gasteiger partial charge in [0.05, 0.1) is 50.3 Å². The van der Waals surface area contributed by atoms with E-state index in [1.54, 1.807) is 52.7 Å². The Hall–Kier alpha value is -7.58. The van der Waals surface area contributed by atoms with Crippen molar-refractivity contribution in [3.8, 4) is 56.4 Å². The van der Waals surface area contributed by atoms with Crippen molar-refractivity contribution in [2.75, 3.05) is 28.4 Å². The van der Waals surface area contributed by atoms with E-state index in [9.17, 15) is 9.59 Å². The maximum absolute atomic E-state index is 14.1. The lowest BCUT2D eigenvalue weighted by Crippen LogP contribution is -2.06. The van der Waals surface area contributed by atoms with E-state index in [1.165, 1.54) is 0 Å². The Morgan fingerprint density at radius 3 is 0.914 bits per heavy atom. The number of fused-ring (bicyclic) bond motifs is 6. The predicted molar refractivity (Wildman–Crippen MR) is 231 cm³/mol. The van der Waals surface area contributed by atoms with E-state index < -0.39 is 11.3 Å². The van der Waals surface area contributed by atoms with Crippen molar-refractivity contribution in [3.63, 3.8) is 0 Å². The highest BCUT2D eigenvalue weighted by Gasteiger charge is 2.25. The topological polar surface area (TPSA) is 97.3 Å². The Morgan fingerprint density at radius 1 is 0.345 bits per heavy atom. The van der Waals surface area contributed by atoms with Gasteiger partial charge >= 0.3 is 11.3 Å². The molecule has 0 N–H and O–H groups in total. The SMILES string of the molecule is COc1cc(OC)c2cc(-c3c4ccccc4c(-c4c5ccccc5c(-c5cc6c(OC)cc(OC)cc6oc5=O)c5ccccc45)c4ccccc34)c(=O)oc2c1. The molecule has 0 spiro atoms. The third kappa shape index (κ3) is 5.22. The normalized spacial score (nSPS) is 11.6. The average Bonchev–Trinajstić information content (AvgIpc) is 3.26. The first-order valence-corrected chi connectivity index (χ1v) is 18.7. The number of methoxy groups -OCH3 is 4. The molecule has 2 aromatic heterocycles. The molecule has 10 aromatic rings. The van der Waals surface area contributed by atoms with Crippen molar-refractivity contribution < 1.29 is 27.8 Å². The summed E-state index contributed by atoms with van der Waals surface area (Å²) in [6.07, 6.45) is 0. The second-order valence-corrected chi connectivity index (χ2v) is 14.1. The smallest absolute Gasteiger partial charge is 0.344 e. The summed E-state index contributed by atoms with van der Waals surface area (Å²) in [7, 11) is 6.28. The van der Waals surface area contributed by atoms with Crippen LogP contribution in [0.4, 0.5) is 0 Å². The van der Waals surface area contributed by atoms with Crippen LogP contribution >= 0.6 is 0 Å². The number of hydrogen-bond acceptors (Lipinski definition) is 8. The maximum Gasteiger partial charge on any atom is 0.344 e. The molecule has 0 saturated heterocycles. The monoisotopic (exact) mass is 762 g/mol. The highest BCUT2D eigenvalue weighted by atomic mass is 16.5. The van der Waals surface area contributed by atoms with E-state index in [-0.39, 0.29) is 0 Å². The summed E-state index contributed by atoms with van der Waals surface area (Å²) in [5, 5.41) is 8.61. The fourth-order valence-corrected chi connectivity index (χ4v) is 8.62. The molecule has 0 fully saturated rings. The maximum atomic E-state index is 14.1. The quantitative estimate of drug-likeness (QED) is 0.117. The van der Waals surface area contributed by atoms with E-state index in [4.69, 9.17) is 27.8 Å². The molecule has 10 rings (SSSR count). The first kappa shape index (κ1) is 34.9. The number of benzene rings is 8. The van der Waals surface area contributed by atoms with Gasteiger partial charge in [-0.15, -0.1) is 0 Å². The molecule has 0 saturated carbocycles. The van der Waals surface area contributed by atoms with Gasteiger partial charge in [0, 0.05) is 35.4 Å². The second kappa shape index (κ2) is 13.6. The standard InChI is InChI=1S/C50H34O8/c1-53-27-21-41(55-3)37-25-39(49(51)57-43(37)23-27)45-29-13-5-9-17-33(29)47(34-18-10-6-14-30(34)45)48-35-19-11-7-15-31(35)46(32-16-8-12-20-36(32)48)40-26-38-42(56-4)22-28(54-2)24-44(38)58-50(40)52/h5-26H,1-4H3. The molecule has 0 atom stereocenters. The van der Waals surface area contributed by atoms with Crippen LogP contribution in [0.25, 0.3) is 98.4 Å². The zero-order chi connectivity index (χ0) is 39.7. The molecule has 0 unspecified atom stereocenters. The lowest BCUT2D eigenvalue weighted by molar-refractivity contribution is 0.395. The van der Waals surface area contributed by atoms with Gasteiger partial charge in [-0.3, -0.25) is 0 Å². The van der Waals surface area contributed by atoms with Crippen LogP contribution in [0.15, 0.2) is 152 Å². The molecule has 2 heterocycles. The van der Waals surface area contributed by atoms with E-state index in [2.05, 4.69) is 48.5 Å². The molecular formula is C50H34O8. The highest BCUT2D eigenvalue weighted by Crippen LogP contribution is 2.50. The zero-order valence-electron chi connectivity index (χ0n) is 32.0. The number of hydrogen-bond donors (Lipinski definition) is 0. The molecule has 0 amide bonds. The van der Waals surface area contributed by atoms with Crippen LogP contribution in [0, 0.1) is 0 Å². The minimum absolute atomic E-state index is 0.367. The number of ether oxygens (including phenoxy) is 4. The summed E-state index contributed by atoms with van der Waals surface area (Å²) in [5.74, 6) is 2.10. The van der Waals surface area contributed by atoms with Gasteiger partial charge in [-0.25, -0.2) is 9.59 Å². The lowest BCUT2D eigenvalue weighted by Gasteiger charge is -2.22. The molecule has 8 aromatic carbocycles. The second-order valence-electron chi connectivity index (χ2n) is 14.1. The van der Waals surface area contributed by atoms with Crippen LogP contribution in [0.1, 0.15) is 0 Å². The van der Waals surface area contributed by atoms with Gasteiger partial charge in [-0.2, -0.15) is 0 Å². The summed E-state index contributed by atoms with van der Waals surface area (Å²) in [5.41, 5.74) is 4.12. The Balaban J connectivity index is 1.32. The molecule has 0 bridgehead atoms. The molecule has 0 aliphatic heterocycles. The third-order valence-corrected chi connectivity index (χ3v) is 11.1. The Bertz CT molecular complexity index is 3110. The van der Waals surface area contributed by atoms with Gasteiger partial charge in [-0.1, -0.05) is 97.1 Å². The van der Waals surface area contributed by atoms with Gasteiger partial charge < -0.3 is 27.8 Å². The molecule has 0 aliphatic carbocycles. The summed E-state index contributed by atoms with van der Waals surface area (Å²) in [4.78, 5) is 28.2. The van der Waals surface area contributed by atoms with Crippen LogP contribution in [0.5, 0.6) is 23.0 Å². The predicted octanol–water partition coefficient (Wildman–Crippen LogP) is 11.5. The van der Waals surface area contributed by atoms with E-state index in [0.29, 0.717) is 56.1 Å².